The van der Waals surface area contributed by atoms with E-state index in [1.54, 1.807) is 13.0 Å². The third-order valence-electron chi connectivity index (χ3n) is 4.14. The molecule has 1 atom stereocenters. The van der Waals surface area contributed by atoms with Crippen LogP contribution in [0.15, 0.2) is 17.0 Å². The quantitative estimate of drug-likeness (QED) is 0.877. The van der Waals surface area contributed by atoms with E-state index in [4.69, 9.17) is 17.3 Å². The Labute approximate surface area is 125 Å². The lowest BCUT2D eigenvalue weighted by Gasteiger charge is -2.31. The van der Waals surface area contributed by atoms with Gasteiger partial charge in [-0.05, 0) is 55.9 Å². The fourth-order valence-electron chi connectivity index (χ4n) is 2.54. The van der Waals surface area contributed by atoms with E-state index in [9.17, 15) is 8.42 Å². The van der Waals surface area contributed by atoms with E-state index in [1.807, 2.05) is 6.92 Å². The first-order chi connectivity index (χ1) is 9.35. The molecule has 1 aliphatic rings. The minimum atomic E-state index is -3.56. The molecule has 6 heteroatoms. The van der Waals surface area contributed by atoms with Gasteiger partial charge in [0, 0.05) is 17.6 Å². The molecule has 0 heterocycles. The van der Waals surface area contributed by atoms with Gasteiger partial charge in [-0.2, -0.15) is 0 Å². The number of benzene rings is 1. The summed E-state index contributed by atoms with van der Waals surface area (Å²) in [5.41, 5.74) is 7.07. The molecule has 0 saturated heterocycles. The Hall–Kier alpha value is -0.620. The molecule has 1 saturated carbocycles. The average molecular weight is 317 g/mol. The zero-order valence-corrected chi connectivity index (χ0v) is 13.4. The summed E-state index contributed by atoms with van der Waals surface area (Å²) in [5, 5.41) is 0.396. The van der Waals surface area contributed by atoms with Gasteiger partial charge >= 0.3 is 0 Å². The summed E-state index contributed by atoms with van der Waals surface area (Å²) in [6, 6.07) is 3.16. The van der Waals surface area contributed by atoms with Gasteiger partial charge in [-0.25, -0.2) is 13.1 Å². The maximum Gasteiger partial charge on any atom is 0.241 e. The molecular weight excluding hydrogens is 296 g/mol. The van der Waals surface area contributed by atoms with E-state index in [0.29, 0.717) is 16.5 Å². The highest BCUT2D eigenvalue weighted by molar-refractivity contribution is 7.89. The highest BCUT2D eigenvalue weighted by Crippen LogP contribution is 2.31. The van der Waals surface area contributed by atoms with Gasteiger partial charge in [0.05, 0.1) is 4.90 Å². The van der Waals surface area contributed by atoms with Crippen LogP contribution in [0.5, 0.6) is 0 Å². The monoisotopic (exact) mass is 316 g/mol. The summed E-state index contributed by atoms with van der Waals surface area (Å²) in [6.07, 6.45) is 3.36. The van der Waals surface area contributed by atoms with Crippen LogP contribution in [-0.2, 0) is 16.6 Å². The van der Waals surface area contributed by atoms with Crippen LogP contribution in [0, 0.1) is 12.8 Å². The SMILES string of the molecule is Cc1c(CN)cc(Cl)cc1S(=O)(=O)NC(C)C1CCC1. The summed E-state index contributed by atoms with van der Waals surface area (Å²) in [7, 11) is -3.56. The maximum atomic E-state index is 12.5. The fourth-order valence-corrected chi connectivity index (χ4v) is 4.47. The van der Waals surface area contributed by atoms with Crippen molar-refractivity contribution in [2.75, 3.05) is 0 Å². The molecule has 0 amide bonds. The molecule has 20 heavy (non-hydrogen) atoms. The normalized spacial score (nSPS) is 17.8. The van der Waals surface area contributed by atoms with Crippen molar-refractivity contribution < 1.29 is 8.42 Å². The van der Waals surface area contributed by atoms with Crippen molar-refractivity contribution in [1.29, 1.82) is 0 Å². The van der Waals surface area contributed by atoms with E-state index in [1.165, 1.54) is 12.5 Å². The Morgan fingerprint density at radius 1 is 1.45 bits per heavy atom. The van der Waals surface area contributed by atoms with Crippen LogP contribution in [0.3, 0.4) is 0 Å². The van der Waals surface area contributed by atoms with Gasteiger partial charge in [-0.15, -0.1) is 0 Å². The van der Waals surface area contributed by atoms with Crippen LogP contribution in [-0.4, -0.2) is 14.5 Å². The fraction of sp³-hybridized carbons (Fsp3) is 0.571. The third kappa shape index (κ3) is 3.17. The Balaban J connectivity index is 2.31. The summed E-state index contributed by atoms with van der Waals surface area (Å²) >= 11 is 6.00. The number of hydrogen-bond donors (Lipinski definition) is 2. The minimum Gasteiger partial charge on any atom is -0.326 e. The number of halogens is 1. The molecule has 1 aliphatic carbocycles. The number of hydrogen-bond acceptors (Lipinski definition) is 3. The first-order valence-electron chi connectivity index (χ1n) is 6.86. The smallest absolute Gasteiger partial charge is 0.241 e. The van der Waals surface area contributed by atoms with Crippen LogP contribution in [0.25, 0.3) is 0 Å². The molecule has 1 aromatic rings. The Kier molecular flexibility index (Phi) is 4.74. The molecule has 0 aliphatic heterocycles. The van der Waals surface area contributed by atoms with E-state index in [-0.39, 0.29) is 17.5 Å². The largest absolute Gasteiger partial charge is 0.326 e. The predicted octanol–water partition coefficient (Wildman–Crippen LogP) is 2.57. The van der Waals surface area contributed by atoms with Crippen molar-refractivity contribution in [3.05, 3.63) is 28.3 Å². The topological polar surface area (TPSA) is 72.2 Å². The zero-order chi connectivity index (χ0) is 14.9. The molecule has 1 unspecified atom stereocenters. The molecule has 112 valence electrons. The van der Waals surface area contributed by atoms with Gasteiger partial charge in [0.15, 0.2) is 0 Å². The molecule has 0 bridgehead atoms. The molecule has 3 N–H and O–H groups in total. The van der Waals surface area contributed by atoms with Crippen LogP contribution in [0.2, 0.25) is 5.02 Å². The second-order valence-corrected chi connectivity index (χ2v) is 7.61. The Bertz CT molecular complexity index is 597. The molecule has 1 fully saturated rings. The highest BCUT2D eigenvalue weighted by Gasteiger charge is 2.29. The minimum absolute atomic E-state index is 0.0477. The molecule has 2 rings (SSSR count). The first kappa shape index (κ1) is 15.8. The van der Waals surface area contributed by atoms with Crippen molar-refractivity contribution in [1.82, 2.24) is 4.72 Å². The lowest BCUT2D eigenvalue weighted by molar-refractivity contribution is 0.260. The molecular formula is C14H21ClN2O2S. The number of rotatable bonds is 5. The van der Waals surface area contributed by atoms with E-state index in [0.717, 1.165) is 18.4 Å². The lowest BCUT2D eigenvalue weighted by Crippen LogP contribution is -2.40. The molecule has 0 radical (unpaired) electrons. The number of sulfonamides is 1. The van der Waals surface area contributed by atoms with Gasteiger partial charge in [0.25, 0.3) is 0 Å². The summed E-state index contributed by atoms with van der Waals surface area (Å²) in [6.45, 7) is 3.96. The van der Waals surface area contributed by atoms with Crippen molar-refractivity contribution in [2.45, 2.75) is 50.6 Å². The van der Waals surface area contributed by atoms with E-state index in [2.05, 4.69) is 4.72 Å². The van der Waals surface area contributed by atoms with Crippen molar-refractivity contribution >= 4 is 21.6 Å². The van der Waals surface area contributed by atoms with Gasteiger partial charge < -0.3 is 5.73 Å². The molecule has 0 aromatic heterocycles. The second-order valence-electron chi connectivity index (χ2n) is 5.49. The summed E-state index contributed by atoms with van der Waals surface area (Å²) < 4.78 is 27.8. The van der Waals surface area contributed by atoms with Gasteiger partial charge in [-0.1, -0.05) is 18.0 Å². The summed E-state index contributed by atoms with van der Waals surface area (Å²) in [4.78, 5) is 0.233. The Morgan fingerprint density at radius 3 is 2.60 bits per heavy atom. The molecule has 1 aromatic carbocycles. The number of nitrogens with one attached hydrogen (secondary N) is 1. The third-order valence-corrected chi connectivity index (χ3v) is 6.04. The van der Waals surface area contributed by atoms with E-state index >= 15 is 0 Å². The van der Waals surface area contributed by atoms with Crippen LogP contribution in [0.1, 0.15) is 37.3 Å². The van der Waals surface area contributed by atoms with Gasteiger partial charge in [-0.3, -0.25) is 0 Å². The average Bonchev–Trinajstić information content (AvgIpc) is 2.28. The number of nitrogens with two attached hydrogens (primary N) is 1. The van der Waals surface area contributed by atoms with Crippen molar-refractivity contribution in [3.8, 4) is 0 Å². The lowest BCUT2D eigenvalue weighted by atomic mass is 9.81. The van der Waals surface area contributed by atoms with Crippen LogP contribution in [0.4, 0.5) is 0 Å². The maximum absolute atomic E-state index is 12.5. The van der Waals surface area contributed by atoms with Gasteiger partial charge in [0.1, 0.15) is 0 Å². The predicted molar refractivity (Wildman–Crippen MR) is 81.2 cm³/mol. The highest BCUT2D eigenvalue weighted by atomic mass is 35.5. The zero-order valence-electron chi connectivity index (χ0n) is 11.8. The summed E-state index contributed by atoms with van der Waals surface area (Å²) in [5.74, 6) is 0.443. The molecule has 0 spiro atoms. The Morgan fingerprint density at radius 2 is 2.10 bits per heavy atom. The van der Waals surface area contributed by atoms with Crippen molar-refractivity contribution in [2.24, 2.45) is 11.7 Å². The van der Waals surface area contributed by atoms with E-state index < -0.39 is 10.0 Å². The molecule has 4 nitrogen and oxygen atoms in total. The van der Waals surface area contributed by atoms with Crippen molar-refractivity contribution in [3.63, 3.8) is 0 Å². The van der Waals surface area contributed by atoms with Gasteiger partial charge in [0.2, 0.25) is 10.0 Å². The van der Waals surface area contributed by atoms with Crippen LogP contribution < -0.4 is 10.5 Å². The first-order valence-corrected chi connectivity index (χ1v) is 8.72. The van der Waals surface area contributed by atoms with Crippen LogP contribution >= 0.6 is 11.6 Å². The second kappa shape index (κ2) is 6.02. The standard InChI is InChI=1S/C14H21ClN2O2S/c1-9-12(8-16)6-13(15)7-14(9)20(18,19)17-10(2)11-4-3-5-11/h6-7,10-11,17H,3-5,8,16H2,1-2H3.